The molecule has 0 fully saturated rings. The van der Waals surface area contributed by atoms with Gasteiger partial charge in [0.2, 0.25) is 5.91 Å². The van der Waals surface area contributed by atoms with E-state index in [1.165, 1.54) is 17.8 Å². The molecule has 0 atom stereocenters. The molecule has 0 aliphatic rings. The van der Waals surface area contributed by atoms with Crippen molar-refractivity contribution in [2.45, 2.75) is 19.4 Å². The van der Waals surface area contributed by atoms with Crippen molar-refractivity contribution in [3.63, 3.8) is 0 Å². The summed E-state index contributed by atoms with van der Waals surface area (Å²) in [6, 6.07) is 11.2. The summed E-state index contributed by atoms with van der Waals surface area (Å²) < 4.78 is 1.16. The Labute approximate surface area is 121 Å². The lowest BCUT2D eigenvalue weighted by Gasteiger charge is -2.06. The number of rotatable bonds is 6. The van der Waals surface area contributed by atoms with Gasteiger partial charge in [0.05, 0.1) is 0 Å². The molecule has 0 saturated heterocycles. The van der Waals surface area contributed by atoms with Crippen LogP contribution in [-0.4, -0.2) is 22.0 Å². The maximum absolute atomic E-state index is 11.7. The molecule has 21 heavy (non-hydrogen) atoms. The van der Waals surface area contributed by atoms with Crippen molar-refractivity contribution in [3.8, 4) is 0 Å². The largest absolute Gasteiger partial charge is 0.355 e. The molecule has 1 aromatic carbocycles. The summed E-state index contributed by atoms with van der Waals surface area (Å²) >= 11 is 0. The maximum atomic E-state index is 11.7. The number of carbonyl (C=O) groups is 1. The summed E-state index contributed by atoms with van der Waals surface area (Å²) in [7, 11) is 0. The number of H-pyrrole nitrogens is 1. The average Bonchev–Trinajstić information content (AvgIpc) is 2.48. The van der Waals surface area contributed by atoms with Gasteiger partial charge < -0.3 is 5.32 Å². The molecule has 2 rings (SSSR count). The molecule has 2 N–H and O–H groups in total. The molecule has 0 aliphatic heterocycles. The smallest absolute Gasteiger partial charge is 0.328 e. The van der Waals surface area contributed by atoms with Crippen LogP contribution in [-0.2, 0) is 17.8 Å². The van der Waals surface area contributed by atoms with Gasteiger partial charge in [-0.15, -0.1) is 0 Å². The predicted molar refractivity (Wildman–Crippen MR) is 79.1 cm³/mol. The summed E-state index contributed by atoms with van der Waals surface area (Å²) in [5, 5.41) is 2.75. The number of aromatic nitrogens is 2. The van der Waals surface area contributed by atoms with E-state index >= 15 is 0 Å². The summed E-state index contributed by atoms with van der Waals surface area (Å²) in [6.07, 6.45) is 3.03. The highest BCUT2D eigenvalue weighted by Gasteiger charge is 2.04. The highest BCUT2D eigenvalue weighted by atomic mass is 16.2. The van der Waals surface area contributed by atoms with Gasteiger partial charge in [-0.1, -0.05) is 30.3 Å². The van der Waals surface area contributed by atoms with Crippen LogP contribution in [0.15, 0.2) is 52.2 Å². The van der Waals surface area contributed by atoms with Crippen molar-refractivity contribution < 1.29 is 4.79 Å². The van der Waals surface area contributed by atoms with E-state index in [4.69, 9.17) is 0 Å². The highest BCUT2D eigenvalue weighted by molar-refractivity contribution is 5.75. The Morgan fingerprint density at radius 2 is 1.90 bits per heavy atom. The van der Waals surface area contributed by atoms with Crippen molar-refractivity contribution >= 4 is 5.91 Å². The van der Waals surface area contributed by atoms with E-state index in [9.17, 15) is 14.4 Å². The molecule has 1 aromatic heterocycles. The number of aryl methyl sites for hydroxylation is 1. The first-order valence-electron chi connectivity index (χ1n) is 6.75. The van der Waals surface area contributed by atoms with E-state index in [0.29, 0.717) is 6.54 Å². The van der Waals surface area contributed by atoms with Crippen molar-refractivity contribution in [3.05, 3.63) is 69.0 Å². The van der Waals surface area contributed by atoms with E-state index in [-0.39, 0.29) is 12.5 Å². The van der Waals surface area contributed by atoms with Gasteiger partial charge in [-0.25, -0.2) is 4.79 Å². The van der Waals surface area contributed by atoms with Crippen LogP contribution < -0.4 is 16.6 Å². The fourth-order valence-electron chi connectivity index (χ4n) is 1.94. The van der Waals surface area contributed by atoms with Crippen LogP contribution in [0, 0.1) is 0 Å². The Balaban J connectivity index is 1.75. The van der Waals surface area contributed by atoms with Crippen LogP contribution in [0.25, 0.3) is 0 Å². The number of hydrogen-bond donors (Lipinski definition) is 2. The SMILES string of the molecule is O=C(Cn1ccc(=O)[nH]c1=O)NCCCc1ccccc1. The quantitative estimate of drug-likeness (QED) is 0.749. The van der Waals surface area contributed by atoms with Crippen molar-refractivity contribution in [1.82, 2.24) is 14.9 Å². The van der Waals surface area contributed by atoms with E-state index < -0.39 is 11.2 Å². The Hall–Kier alpha value is -2.63. The van der Waals surface area contributed by atoms with Crippen LogP contribution in [0.5, 0.6) is 0 Å². The number of hydrogen-bond acceptors (Lipinski definition) is 3. The van der Waals surface area contributed by atoms with Gasteiger partial charge in [-0.3, -0.25) is 19.1 Å². The molecular weight excluding hydrogens is 270 g/mol. The molecule has 0 radical (unpaired) electrons. The summed E-state index contributed by atoms with van der Waals surface area (Å²) in [6.45, 7) is 0.451. The minimum absolute atomic E-state index is 0.0963. The molecule has 2 aromatic rings. The third kappa shape index (κ3) is 4.76. The van der Waals surface area contributed by atoms with Gasteiger partial charge >= 0.3 is 5.69 Å². The normalized spacial score (nSPS) is 10.3. The highest BCUT2D eigenvalue weighted by Crippen LogP contribution is 2.01. The third-order valence-electron chi connectivity index (χ3n) is 3.02. The van der Waals surface area contributed by atoms with Crippen LogP contribution in [0.3, 0.4) is 0 Å². The van der Waals surface area contributed by atoms with Crippen LogP contribution in [0.1, 0.15) is 12.0 Å². The molecular formula is C15H17N3O3. The van der Waals surface area contributed by atoms with E-state index in [2.05, 4.69) is 10.3 Å². The number of nitrogens with zero attached hydrogens (tertiary/aromatic N) is 1. The second-order valence-electron chi connectivity index (χ2n) is 4.68. The number of nitrogens with one attached hydrogen (secondary N) is 2. The zero-order chi connectivity index (χ0) is 15.1. The van der Waals surface area contributed by atoms with Gasteiger partial charge in [-0.2, -0.15) is 0 Å². The fraction of sp³-hybridized carbons (Fsp3) is 0.267. The molecule has 0 saturated carbocycles. The predicted octanol–water partition coefficient (Wildman–Crippen LogP) is 0.286. The summed E-state index contributed by atoms with van der Waals surface area (Å²) in [5.41, 5.74) is 0.171. The van der Waals surface area contributed by atoms with Crippen molar-refractivity contribution in [1.29, 1.82) is 0 Å². The number of aromatic amines is 1. The van der Waals surface area contributed by atoms with E-state index in [1.54, 1.807) is 0 Å². The number of benzene rings is 1. The first kappa shape index (κ1) is 14.8. The van der Waals surface area contributed by atoms with Gasteiger partial charge in [0.15, 0.2) is 0 Å². The monoisotopic (exact) mass is 287 g/mol. The molecule has 0 aliphatic carbocycles. The molecule has 0 spiro atoms. The zero-order valence-corrected chi connectivity index (χ0v) is 11.5. The van der Waals surface area contributed by atoms with Crippen LogP contribution >= 0.6 is 0 Å². The number of carbonyl (C=O) groups excluding carboxylic acids is 1. The molecule has 1 heterocycles. The van der Waals surface area contributed by atoms with Gasteiger partial charge in [0.25, 0.3) is 5.56 Å². The van der Waals surface area contributed by atoms with Crippen molar-refractivity contribution in [2.75, 3.05) is 6.54 Å². The zero-order valence-electron chi connectivity index (χ0n) is 11.5. The minimum atomic E-state index is -0.582. The topological polar surface area (TPSA) is 84.0 Å². The first-order valence-corrected chi connectivity index (χ1v) is 6.75. The number of amides is 1. The molecule has 1 amide bonds. The van der Waals surface area contributed by atoms with Crippen LogP contribution in [0.4, 0.5) is 0 Å². The Kier molecular flexibility index (Phi) is 5.09. The standard InChI is InChI=1S/C15H17N3O3/c19-13-8-10-18(15(21)17-13)11-14(20)16-9-4-7-12-5-2-1-3-6-12/h1-3,5-6,8,10H,4,7,9,11H2,(H,16,20)(H,17,19,21). The Morgan fingerprint density at radius 3 is 2.62 bits per heavy atom. The molecule has 110 valence electrons. The van der Waals surface area contributed by atoms with Gasteiger partial charge in [-0.05, 0) is 18.4 Å². The second kappa shape index (κ2) is 7.23. The fourth-order valence-corrected chi connectivity index (χ4v) is 1.94. The second-order valence-corrected chi connectivity index (χ2v) is 4.68. The molecule has 6 nitrogen and oxygen atoms in total. The third-order valence-corrected chi connectivity index (χ3v) is 3.02. The lowest BCUT2D eigenvalue weighted by atomic mass is 10.1. The van der Waals surface area contributed by atoms with E-state index in [1.807, 2.05) is 30.3 Å². The summed E-state index contributed by atoms with van der Waals surface area (Å²) in [4.78, 5) is 36.1. The molecule has 0 bridgehead atoms. The Morgan fingerprint density at radius 1 is 1.14 bits per heavy atom. The average molecular weight is 287 g/mol. The van der Waals surface area contributed by atoms with Gasteiger partial charge in [0, 0.05) is 18.8 Å². The van der Waals surface area contributed by atoms with Crippen molar-refractivity contribution in [2.24, 2.45) is 0 Å². The minimum Gasteiger partial charge on any atom is -0.355 e. The maximum Gasteiger partial charge on any atom is 0.328 e. The van der Waals surface area contributed by atoms with Crippen LogP contribution in [0.2, 0.25) is 0 Å². The Bertz CT molecular complexity index is 704. The van der Waals surface area contributed by atoms with Gasteiger partial charge in [0.1, 0.15) is 6.54 Å². The lowest BCUT2D eigenvalue weighted by molar-refractivity contribution is -0.121. The van der Waals surface area contributed by atoms with E-state index in [0.717, 1.165) is 17.4 Å². The lowest BCUT2D eigenvalue weighted by Crippen LogP contribution is -2.35. The first-order chi connectivity index (χ1) is 10.1. The molecule has 6 heteroatoms. The molecule has 0 unspecified atom stereocenters. The summed E-state index contributed by atoms with van der Waals surface area (Å²) in [5.74, 6) is -0.253.